The van der Waals surface area contributed by atoms with Gasteiger partial charge in [0.15, 0.2) is 0 Å². The van der Waals surface area contributed by atoms with Gasteiger partial charge in [0.2, 0.25) is 0 Å². The van der Waals surface area contributed by atoms with Gasteiger partial charge in [0, 0.05) is 6.61 Å². The lowest BCUT2D eigenvalue weighted by Gasteiger charge is -2.10. The average Bonchev–Trinajstić information content (AvgIpc) is 2.15. The molecule has 1 aromatic carbocycles. The van der Waals surface area contributed by atoms with Crippen LogP contribution < -0.4 is 0 Å². The topological polar surface area (TPSA) is 20.2 Å². The lowest BCUT2D eigenvalue weighted by Crippen LogP contribution is -1.95. The van der Waals surface area contributed by atoms with Crippen LogP contribution in [0.4, 0.5) is 4.39 Å². The highest BCUT2D eigenvalue weighted by Gasteiger charge is 2.04. The maximum Gasteiger partial charge on any atom is 0.123 e. The largest absolute Gasteiger partial charge is 0.396 e. The van der Waals surface area contributed by atoms with Crippen molar-refractivity contribution in [3.8, 4) is 0 Å². The minimum Gasteiger partial charge on any atom is -0.396 e. The van der Waals surface area contributed by atoms with Gasteiger partial charge < -0.3 is 5.11 Å². The zero-order valence-corrected chi connectivity index (χ0v) is 7.83. The van der Waals surface area contributed by atoms with Crippen molar-refractivity contribution in [3.63, 3.8) is 0 Å². The lowest BCUT2D eigenvalue weighted by molar-refractivity contribution is 0.281. The molecule has 0 amide bonds. The van der Waals surface area contributed by atoms with Gasteiger partial charge in [0.05, 0.1) is 0 Å². The van der Waals surface area contributed by atoms with E-state index in [2.05, 4.69) is 6.92 Å². The van der Waals surface area contributed by atoms with Crippen molar-refractivity contribution in [1.82, 2.24) is 0 Å². The van der Waals surface area contributed by atoms with Gasteiger partial charge >= 0.3 is 0 Å². The van der Waals surface area contributed by atoms with Crippen molar-refractivity contribution in [2.45, 2.75) is 25.7 Å². The number of rotatable bonds is 4. The zero-order valence-electron chi connectivity index (χ0n) is 7.83. The van der Waals surface area contributed by atoms with E-state index in [4.69, 9.17) is 5.11 Å². The van der Waals surface area contributed by atoms with Crippen molar-refractivity contribution < 1.29 is 9.50 Å². The van der Waals surface area contributed by atoms with E-state index >= 15 is 0 Å². The Bertz CT molecular complexity index is 243. The molecule has 0 aliphatic rings. The van der Waals surface area contributed by atoms with E-state index in [1.807, 2.05) is 0 Å². The van der Waals surface area contributed by atoms with Crippen LogP contribution in [0, 0.1) is 5.82 Å². The van der Waals surface area contributed by atoms with Crippen LogP contribution in [0.25, 0.3) is 0 Å². The molecule has 13 heavy (non-hydrogen) atoms. The van der Waals surface area contributed by atoms with E-state index in [-0.39, 0.29) is 12.4 Å². The minimum atomic E-state index is -0.196. The quantitative estimate of drug-likeness (QED) is 0.759. The Morgan fingerprint density at radius 3 is 2.46 bits per heavy atom. The molecule has 0 heterocycles. The van der Waals surface area contributed by atoms with Gasteiger partial charge in [0.25, 0.3) is 0 Å². The molecular weight excluding hydrogens is 167 g/mol. The first-order valence-corrected chi connectivity index (χ1v) is 4.60. The summed E-state index contributed by atoms with van der Waals surface area (Å²) >= 11 is 0. The van der Waals surface area contributed by atoms with Crippen molar-refractivity contribution in [1.29, 1.82) is 0 Å². The van der Waals surface area contributed by atoms with Crippen LogP contribution in [0.15, 0.2) is 24.3 Å². The highest BCUT2D eigenvalue weighted by Crippen LogP contribution is 2.20. The van der Waals surface area contributed by atoms with E-state index in [0.29, 0.717) is 5.92 Å². The van der Waals surface area contributed by atoms with Crippen LogP contribution in [0.5, 0.6) is 0 Å². The summed E-state index contributed by atoms with van der Waals surface area (Å²) in [5.41, 5.74) is 1.13. The van der Waals surface area contributed by atoms with Crippen LogP contribution >= 0.6 is 0 Å². The van der Waals surface area contributed by atoms with Crippen LogP contribution in [-0.4, -0.2) is 11.7 Å². The smallest absolute Gasteiger partial charge is 0.123 e. The first-order chi connectivity index (χ1) is 6.24. The summed E-state index contributed by atoms with van der Waals surface area (Å²) in [6.07, 6.45) is 1.75. The average molecular weight is 182 g/mol. The fraction of sp³-hybridized carbons (Fsp3) is 0.455. The first kappa shape index (κ1) is 10.2. The molecule has 2 heteroatoms. The number of halogens is 1. The minimum absolute atomic E-state index is 0.196. The SMILES string of the molecule is CC(CCCO)c1ccc(F)cc1. The first-order valence-electron chi connectivity index (χ1n) is 4.60. The van der Waals surface area contributed by atoms with Gasteiger partial charge in [-0.25, -0.2) is 4.39 Å². The molecule has 1 aromatic rings. The standard InChI is InChI=1S/C11H15FO/c1-9(3-2-8-13)10-4-6-11(12)7-5-10/h4-7,9,13H,2-3,8H2,1H3. The summed E-state index contributed by atoms with van der Waals surface area (Å²) in [7, 11) is 0. The monoisotopic (exact) mass is 182 g/mol. The summed E-state index contributed by atoms with van der Waals surface area (Å²) in [6, 6.07) is 6.56. The van der Waals surface area contributed by atoms with E-state index in [0.717, 1.165) is 18.4 Å². The second kappa shape index (κ2) is 4.97. The molecule has 1 atom stereocenters. The highest BCUT2D eigenvalue weighted by atomic mass is 19.1. The second-order valence-corrected chi connectivity index (χ2v) is 3.32. The number of aliphatic hydroxyl groups is 1. The van der Waals surface area contributed by atoms with Crippen LogP contribution in [0.1, 0.15) is 31.2 Å². The fourth-order valence-electron chi connectivity index (χ4n) is 1.36. The van der Waals surface area contributed by atoms with Gasteiger partial charge in [-0.1, -0.05) is 19.1 Å². The molecule has 0 radical (unpaired) electrons. The Morgan fingerprint density at radius 1 is 1.31 bits per heavy atom. The van der Waals surface area contributed by atoms with Crippen molar-refractivity contribution in [3.05, 3.63) is 35.6 Å². The molecule has 0 spiro atoms. The Morgan fingerprint density at radius 2 is 1.92 bits per heavy atom. The summed E-state index contributed by atoms with van der Waals surface area (Å²) < 4.78 is 12.6. The number of aliphatic hydroxyl groups excluding tert-OH is 1. The van der Waals surface area contributed by atoms with Crippen molar-refractivity contribution >= 4 is 0 Å². The zero-order chi connectivity index (χ0) is 9.68. The molecule has 0 aliphatic carbocycles. The maximum absolute atomic E-state index is 12.6. The van der Waals surface area contributed by atoms with Gasteiger partial charge in [-0.3, -0.25) is 0 Å². The molecule has 0 saturated heterocycles. The van der Waals surface area contributed by atoms with E-state index < -0.39 is 0 Å². The molecule has 0 aromatic heterocycles. The van der Waals surface area contributed by atoms with Crippen molar-refractivity contribution in [2.24, 2.45) is 0 Å². The third-order valence-electron chi connectivity index (χ3n) is 2.23. The van der Waals surface area contributed by atoms with Crippen molar-refractivity contribution in [2.75, 3.05) is 6.61 Å². The second-order valence-electron chi connectivity index (χ2n) is 3.32. The molecule has 0 fully saturated rings. The normalized spacial score (nSPS) is 12.8. The Labute approximate surface area is 78.2 Å². The van der Waals surface area contributed by atoms with Gasteiger partial charge in [0.1, 0.15) is 5.82 Å². The lowest BCUT2D eigenvalue weighted by atomic mass is 9.96. The third-order valence-corrected chi connectivity index (χ3v) is 2.23. The molecule has 72 valence electrons. The Balaban J connectivity index is 2.55. The predicted molar refractivity (Wildman–Crippen MR) is 51.1 cm³/mol. The molecular formula is C11H15FO. The Hall–Kier alpha value is -0.890. The van der Waals surface area contributed by atoms with Gasteiger partial charge in [-0.05, 0) is 36.5 Å². The Kier molecular flexibility index (Phi) is 3.90. The van der Waals surface area contributed by atoms with E-state index in [1.54, 1.807) is 12.1 Å². The van der Waals surface area contributed by atoms with E-state index in [1.165, 1.54) is 12.1 Å². The molecule has 0 bridgehead atoms. The van der Waals surface area contributed by atoms with E-state index in [9.17, 15) is 4.39 Å². The third kappa shape index (κ3) is 3.15. The number of hydrogen-bond acceptors (Lipinski definition) is 1. The molecule has 1 nitrogen and oxygen atoms in total. The predicted octanol–water partition coefficient (Wildman–Crippen LogP) is 2.70. The van der Waals surface area contributed by atoms with Gasteiger partial charge in [-0.2, -0.15) is 0 Å². The molecule has 1 N–H and O–H groups in total. The summed E-state index contributed by atoms with van der Waals surface area (Å²) in [5, 5.41) is 8.65. The van der Waals surface area contributed by atoms with Crippen LogP contribution in [0.3, 0.4) is 0 Å². The molecule has 1 rings (SSSR count). The van der Waals surface area contributed by atoms with Crippen LogP contribution in [-0.2, 0) is 0 Å². The summed E-state index contributed by atoms with van der Waals surface area (Å²) in [6.45, 7) is 2.31. The van der Waals surface area contributed by atoms with Crippen LogP contribution in [0.2, 0.25) is 0 Å². The summed E-state index contributed by atoms with van der Waals surface area (Å²) in [5.74, 6) is 0.200. The highest BCUT2D eigenvalue weighted by molar-refractivity contribution is 5.19. The molecule has 0 aliphatic heterocycles. The molecule has 1 unspecified atom stereocenters. The maximum atomic E-state index is 12.6. The fourth-order valence-corrected chi connectivity index (χ4v) is 1.36. The summed E-state index contributed by atoms with van der Waals surface area (Å²) in [4.78, 5) is 0. The number of benzene rings is 1. The molecule has 0 saturated carbocycles. The van der Waals surface area contributed by atoms with Gasteiger partial charge in [-0.15, -0.1) is 0 Å². The number of hydrogen-bond donors (Lipinski definition) is 1.